The molecule has 2 aromatic carbocycles. The zero-order valence-corrected chi connectivity index (χ0v) is 20.5. The number of piperazine rings is 1. The van der Waals surface area contributed by atoms with E-state index in [0.29, 0.717) is 5.56 Å². The highest BCUT2D eigenvalue weighted by molar-refractivity contribution is 5.80. The predicted octanol–water partition coefficient (Wildman–Crippen LogP) is 3.55. The first kappa shape index (κ1) is 22.7. The smallest absolute Gasteiger partial charge is 0.253 e. The second-order valence-electron chi connectivity index (χ2n) is 9.69. The third-order valence-corrected chi connectivity index (χ3v) is 7.61. The number of tetrazole rings is 1. The molecule has 4 aromatic rings. The molecule has 2 aromatic heterocycles. The Kier molecular flexibility index (Phi) is 6.14. The Morgan fingerprint density at radius 1 is 1.00 bits per heavy atom. The van der Waals surface area contributed by atoms with Crippen molar-refractivity contribution in [3.05, 3.63) is 76.3 Å². The van der Waals surface area contributed by atoms with Crippen LogP contribution in [-0.2, 0) is 0 Å². The SMILES string of the molecule is COc1ccc2[nH]c(=O)c(C(c3nnnn3C3CCCC3)N3CCN(c4ccccc4)CC3)cc2c1. The largest absolute Gasteiger partial charge is 0.497 e. The van der Waals surface area contributed by atoms with Crippen LogP contribution in [0.4, 0.5) is 5.69 Å². The van der Waals surface area contributed by atoms with Crippen LogP contribution < -0.4 is 15.2 Å². The number of H-pyrrole nitrogens is 1. The Morgan fingerprint density at radius 2 is 1.78 bits per heavy atom. The quantitative estimate of drug-likeness (QED) is 0.447. The molecule has 0 amide bonds. The number of nitrogens with zero attached hydrogens (tertiary/aromatic N) is 6. The summed E-state index contributed by atoms with van der Waals surface area (Å²) in [6, 6.07) is 18.1. The summed E-state index contributed by atoms with van der Waals surface area (Å²) in [6.07, 6.45) is 4.50. The Hall–Kier alpha value is -3.72. The maximum Gasteiger partial charge on any atom is 0.253 e. The van der Waals surface area contributed by atoms with Gasteiger partial charge in [0.15, 0.2) is 5.82 Å². The van der Waals surface area contributed by atoms with E-state index in [2.05, 4.69) is 54.6 Å². The Morgan fingerprint density at radius 3 is 2.53 bits per heavy atom. The summed E-state index contributed by atoms with van der Waals surface area (Å²) in [7, 11) is 1.65. The van der Waals surface area contributed by atoms with Crippen LogP contribution in [0.2, 0.25) is 0 Å². The van der Waals surface area contributed by atoms with Crippen LogP contribution >= 0.6 is 0 Å². The number of pyridine rings is 1. The molecule has 1 saturated carbocycles. The number of aromatic amines is 1. The van der Waals surface area contributed by atoms with Crippen LogP contribution in [-0.4, -0.2) is 63.4 Å². The van der Waals surface area contributed by atoms with Gasteiger partial charge in [-0.15, -0.1) is 5.10 Å². The average Bonchev–Trinajstić information content (AvgIpc) is 3.62. The molecule has 0 bridgehead atoms. The highest BCUT2D eigenvalue weighted by Crippen LogP contribution is 2.34. The molecule has 1 N–H and O–H groups in total. The van der Waals surface area contributed by atoms with Crippen LogP contribution in [0, 0.1) is 0 Å². The van der Waals surface area contributed by atoms with E-state index in [9.17, 15) is 4.79 Å². The van der Waals surface area contributed by atoms with E-state index >= 15 is 0 Å². The lowest BCUT2D eigenvalue weighted by atomic mass is 10.0. The van der Waals surface area contributed by atoms with Crippen LogP contribution in [0.25, 0.3) is 10.9 Å². The second-order valence-corrected chi connectivity index (χ2v) is 9.69. The second kappa shape index (κ2) is 9.73. The van der Waals surface area contributed by atoms with E-state index < -0.39 is 0 Å². The Balaban J connectivity index is 1.40. The fourth-order valence-corrected chi connectivity index (χ4v) is 5.70. The number of aromatic nitrogens is 5. The van der Waals surface area contributed by atoms with E-state index in [1.807, 2.05) is 35.0 Å². The lowest BCUT2D eigenvalue weighted by molar-refractivity contribution is 0.197. The zero-order chi connectivity index (χ0) is 24.5. The van der Waals surface area contributed by atoms with Crippen LogP contribution in [0.15, 0.2) is 59.4 Å². The van der Waals surface area contributed by atoms with Crippen molar-refractivity contribution in [3.8, 4) is 5.75 Å². The highest BCUT2D eigenvalue weighted by atomic mass is 16.5. The van der Waals surface area contributed by atoms with E-state index in [0.717, 1.165) is 61.5 Å². The number of hydrogen-bond donors (Lipinski definition) is 1. The van der Waals surface area contributed by atoms with Crippen molar-refractivity contribution < 1.29 is 4.74 Å². The van der Waals surface area contributed by atoms with Crippen LogP contribution in [0.1, 0.15) is 49.2 Å². The number of benzene rings is 2. The summed E-state index contributed by atoms with van der Waals surface area (Å²) < 4.78 is 7.42. The molecular weight excluding hydrogens is 454 g/mol. The number of fused-ring (bicyclic) bond motifs is 1. The summed E-state index contributed by atoms with van der Waals surface area (Å²) in [4.78, 5) is 21.3. The maximum atomic E-state index is 13.5. The van der Waals surface area contributed by atoms with Crippen molar-refractivity contribution in [2.24, 2.45) is 0 Å². The molecular formula is C27H31N7O2. The molecule has 36 heavy (non-hydrogen) atoms. The topological polar surface area (TPSA) is 92.2 Å². The lowest BCUT2D eigenvalue weighted by Crippen LogP contribution is -2.49. The highest BCUT2D eigenvalue weighted by Gasteiger charge is 2.34. The Bertz CT molecular complexity index is 1390. The minimum absolute atomic E-state index is 0.107. The molecule has 3 heterocycles. The summed E-state index contributed by atoms with van der Waals surface area (Å²) >= 11 is 0. The molecule has 9 heteroatoms. The summed E-state index contributed by atoms with van der Waals surface area (Å²) in [5.74, 6) is 1.51. The van der Waals surface area contributed by atoms with Gasteiger partial charge in [0.25, 0.3) is 5.56 Å². The molecule has 6 rings (SSSR count). The van der Waals surface area contributed by atoms with E-state index in [1.165, 1.54) is 18.5 Å². The standard InChI is InChI=1S/C27H31N7O2/c1-36-22-11-12-24-19(17-22)18-23(27(35)28-24)25(26-29-30-31-34(26)21-9-5-6-10-21)33-15-13-32(14-16-33)20-7-3-2-4-8-20/h2-4,7-8,11-12,17-18,21,25H,5-6,9-10,13-16H2,1H3,(H,28,35). The third-order valence-electron chi connectivity index (χ3n) is 7.61. The van der Waals surface area contributed by atoms with Gasteiger partial charge in [-0.2, -0.15) is 0 Å². The fourth-order valence-electron chi connectivity index (χ4n) is 5.70. The van der Waals surface area contributed by atoms with Gasteiger partial charge in [0.1, 0.15) is 11.8 Å². The van der Waals surface area contributed by atoms with Gasteiger partial charge in [0.05, 0.1) is 13.2 Å². The molecule has 1 aliphatic carbocycles. The van der Waals surface area contributed by atoms with Crippen molar-refractivity contribution in [1.82, 2.24) is 30.1 Å². The van der Waals surface area contributed by atoms with Crippen molar-refractivity contribution >= 4 is 16.6 Å². The number of rotatable bonds is 6. The van der Waals surface area contributed by atoms with E-state index in [4.69, 9.17) is 4.74 Å². The van der Waals surface area contributed by atoms with Gasteiger partial charge in [0, 0.05) is 48.3 Å². The van der Waals surface area contributed by atoms with Gasteiger partial charge < -0.3 is 14.6 Å². The normalized spacial score (nSPS) is 18.1. The molecule has 0 radical (unpaired) electrons. The molecule has 1 atom stereocenters. The molecule has 0 spiro atoms. The maximum absolute atomic E-state index is 13.5. The summed E-state index contributed by atoms with van der Waals surface area (Å²) in [6.45, 7) is 3.33. The molecule has 2 aliphatic rings. The lowest BCUT2D eigenvalue weighted by Gasteiger charge is -2.39. The van der Waals surface area contributed by atoms with Gasteiger partial charge in [0.2, 0.25) is 0 Å². The number of anilines is 1. The van der Waals surface area contributed by atoms with Crippen molar-refractivity contribution in [3.63, 3.8) is 0 Å². The number of para-hydroxylation sites is 1. The van der Waals surface area contributed by atoms with Gasteiger partial charge in [-0.05, 0) is 59.7 Å². The first-order valence-corrected chi connectivity index (χ1v) is 12.7. The summed E-state index contributed by atoms with van der Waals surface area (Å²) in [5.41, 5.74) is 2.56. The first-order valence-electron chi connectivity index (χ1n) is 12.7. The van der Waals surface area contributed by atoms with Crippen LogP contribution in [0.3, 0.4) is 0 Å². The third kappa shape index (κ3) is 4.24. The zero-order valence-electron chi connectivity index (χ0n) is 20.5. The first-order chi connectivity index (χ1) is 17.7. The average molecular weight is 486 g/mol. The monoisotopic (exact) mass is 485 g/mol. The van der Waals surface area contributed by atoms with E-state index in [1.54, 1.807) is 7.11 Å². The van der Waals surface area contributed by atoms with Crippen molar-refractivity contribution in [2.45, 2.75) is 37.8 Å². The minimum Gasteiger partial charge on any atom is -0.497 e. The molecule has 9 nitrogen and oxygen atoms in total. The van der Waals surface area contributed by atoms with Crippen LogP contribution in [0.5, 0.6) is 5.75 Å². The molecule has 2 fully saturated rings. The number of methoxy groups -OCH3 is 1. The molecule has 186 valence electrons. The minimum atomic E-state index is -0.335. The Labute approximate surface area is 209 Å². The molecule has 1 aliphatic heterocycles. The van der Waals surface area contributed by atoms with Crippen molar-refractivity contribution in [2.75, 3.05) is 38.2 Å². The van der Waals surface area contributed by atoms with Gasteiger partial charge in [-0.1, -0.05) is 31.0 Å². The van der Waals surface area contributed by atoms with Gasteiger partial charge in [-0.3, -0.25) is 9.69 Å². The number of ether oxygens (including phenoxy) is 1. The predicted molar refractivity (Wildman–Crippen MR) is 139 cm³/mol. The molecule has 1 unspecified atom stereocenters. The van der Waals surface area contributed by atoms with Gasteiger partial charge in [-0.25, -0.2) is 4.68 Å². The van der Waals surface area contributed by atoms with E-state index in [-0.39, 0.29) is 17.6 Å². The fraction of sp³-hybridized carbons (Fsp3) is 0.407. The summed E-state index contributed by atoms with van der Waals surface area (Å²) in [5, 5.41) is 13.9. The number of nitrogens with one attached hydrogen (secondary N) is 1. The molecule has 1 saturated heterocycles. The van der Waals surface area contributed by atoms with Gasteiger partial charge >= 0.3 is 0 Å². The number of hydrogen-bond acceptors (Lipinski definition) is 7. The van der Waals surface area contributed by atoms with Crippen molar-refractivity contribution in [1.29, 1.82) is 0 Å².